The molecule has 112 valence electrons. The zero-order chi connectivity index (χ0) is 15.0. The van der Waals surface area contributed by atoms with Gasteiger partial charge in [0.25, 0.3) is 0 Å². The molecular weight excluding hydrogens is 266 g/mol. The van der Waals surface area contributed by atoms with Crippen LogP contribution in [0.15, 0.2) is 72.8 Å². The van der Waals surface area contributed by atoms with E-state index in [0.717, 1.165) is 0 Å². The van der Waals surface area contributed by atoms with Crippen molar-refractivity contribution in [3.05, 3.63) is 83.9 Å². The lowest BCUT2D eigenvalue weighted by Gasteiger charge is -2.27. The molecule has 0 radical (unpaired) electrons. The Morgan fingerprint density at radius 1 is 0.682 bits per heavy atom. The Morgan fingerprint density at radius 3 is 1.59 bits per heavy atom. The first-order chi connectivity index (χ1) is 10.9. The van der Waals surface area contributed by atoms with Crippen LogP contribution < -0.4 is 5.32 Å². The standard InChI is InChI=1S/C21H23N/c1-3-8-18(9-4-1)14-16-20-12-7-13-21(22-20)17-15-19-10-5-2-6-11-19/h1-6,8-11,14-17,20-22H,7,12-13H2/b16-14+,17-15?/t20-,21-/m0/s1. The molecule has 22 heavy (non-hydrogen) atoms. The van der Waals surface area contributed by atoms with Crippen molar-refractivity contribution in [2.75, 3.05) is 0 Å². The van der Waals surface area contributed by atoms with Gasteiger partial charge in [-0.1, -0.05) is 85.0 Å². The molecule has 0 aliphatic carbocycles. The highest BCUT2D eigenvalue weighted by Crippen LogP contribution is 2.16. The second kappa shape index (κ2) is 7.77. The fraction of sp³-hybridized carbons (Fsp3) is 0.238. The summed E-state index contributed by atoms with van der Waals surface area (Å²) in [5.74, 6) is 0. The predicted molar refractivity (Wildman–Crippen MR) is 95.5 cm³/mol. The Labute approximate surface area is 133 Å². The van der Waals surface area contributed by atoms with Gasteiger partial charge in [0.1, 0.15) is 0 Å². The van der Waals surface area contributed by atoms with E-state index in [-0.39, 0.29) is 0 Å². The van der Waals surface area contributed by atoms with Crippen LogP contribution in [-0.4, -0.2) is 12.1 Å². The zero-order valence-electron chi connectivity index (χ0n) is 12.9. The van der Waals surface area contributed by atoms with E-state index in [1.807, 2.05) is 0 Å². The molecule has 2 atom stereocenters. The Hall–Kier alpha value is -2.12. The van der Waals surface area contributed by atoms with Gasteiger partial charge in [-0.25, -0.2) is 0 Å². The Morgan fingerprint density at radius 2 is 1.14 bits per heavy atom. The molecule has 0 saturated carbocycles. The molecule has 0 spiro atoms. The molecule has 1 nitrogen and oxygen atoms in total. The molecular formula is C21H23N. The van der Waals surface area contributed by atoms with Crippen LogP contribution in [0.4, 0.5) is 0 Å². The van der Waals surface area contributed by atoms with Crippen molar-refractivity contribution < 1.29 is 0 Å². The number of nitrogens with one attached hydrogen (secondary N) is 1. The third-order valence-electron chi connectivity index (χ3n) is 4.10. The van der Waals surface area contributed by atoms with E-state index in [1.54, 1.807) is 0 Å². The average molecular weight is 289 g/mol. The molecule has 1 heteroatoms. The molecule has 1 N–H and O–H groups in total. The monoisotopic (exact) mass is 289 g/mol. The molecule has 0 aromatic heterocycles. The second-order valence-corrected chi connectivity index (χ2v) is 5.85. The maximum Gasteiger partial charge on any atom is 0.0258 e. The molecule has 1 heterocycles. The predicted octanol–water partition coefficient (Wildman–Crippen LogP) is 4.92. The van der Waals surface area contributed by atoms with Crippen molar-refractivity contribution in [1.29, 1.82) is 0 Å². The van der Waals surface area contributed by atoms with Crippen molar-refractivity contribution >= 4 is 12.2 Å². The Bertz CT molecular complexity index is 557. The summed E-state index contributed by atoms with van der Waals surface area (Å²) in [4.78, 5) is 0. The maximum atomic E-state index is 3.72. The number of piperidine rings is 1. The number of rotatable bonds is 4. The lowest BCUT2D eigenvalue weighted by Crippen LogP contribution is -2.39. The first-order valence-electron chi connectivity index (χ1n) is 8.13. The van der Waals surface area contributed by atoms with Gasteiger partial charge in [-0.15, -0.1) is 0 Å². The lowest BCUT2D eigenvalue weighted by molar-refractivity contribution is 0.401. The summed E-state index contributed by atoms with van der Waals surface area (Å²) in [5.41, 5.74) is 2.54. The first kappa shape index (κ1) is 14.8. The largest absolute Gasteiger partial charge is 0.304 e. The van der Waals surface area contributed by atoms with Crippen LogP contribution in [0.25, 0.3) is 12.2 Å². The van der Waals surface area contributed by atoms with Crippen LogP contribution in [0.5, 0.6) is 0 Å². The molecule has 2 aromatic carbocycles. The van der Waals surface area contributed by atoms with Gasteiger partial charge >= 0.3 is 0 Å². The highest BCUT2D eigenvalue weighted by atomic mass is 15.0. The fourth-order valence-corrected chi connectivity index (χ4v) is 2.89. The summed E-state index contributed by atoms with van der Waals surface area (Å²) in [7, 11) is 0. The van der Waals surface area contributed by atoms with Crippen LogP contribution >= 0.6 is 0 Å². The van der Waals surface area contributed by atoms with E-state index in [0.29, 0.717) is 12.1 Å². The van der Waals surface area contributed by atoms with Gasteiger partial charge in [-0.05, 0) is 30.4 Å². The Balaban J connectivity index is 1.57. The molecule has 0 amide bonds. The average Bonchev–Trinajstić information content (AvgIpc) is 2.60. The minimum atomic E-state index is 0.472. The maximum absolute atomic E-state index is 3.72. The van der Waals surface area contributed by atoms with E-state index in [4.69, 9.17) is 0 Å². The lowest BCUT2D eigenvalue weighted by atomic mass is 9.97. The van der Waals surface area contributed by atoms with E-state index in [9.17, 15) is 0 Å². The van der Waals surface area contributed by atoms with Gasteiger partial charge in [0.05, 0.1) is 0 Å². The highest BCUT2D eigenvalue weighted by Gasteiger charge is 2.16. The summed E-state index contributed by atoms with van der Waals surface area (Å²) in [6, 6.07) is 22.0. The van der Waals surface area contributed by atoms with Crippen molar-refractivity contribution in [1.82, 2.24) is 5.32 Å². The normalized spacial score (nSPS) is 22.4. The van der Waals surface area contributed by atoms with Gasteiger partial charge in [0.2, 0.25) is 0 Å². The topological polar surface area (TPSA) is 12.0 Å². The summed E-state index contributed by atoms with van der Waals surface area (Å²) in [6.07, 6.45) is 12.8. The van der Waals surface area contributed by atoms with E-state index in [2.05, 4.69) is 90.3 Å². The van der Waals surface area contributed by atoms with Gasteiger partial charge in [0.15, 0.2) is 0 Å². The molecule has 0 bridgehead atoms. The minimum absolute atomic E-state index is 0.472. The number of benzene rings is 2. The van der Waals surface area contributed by atoms with Crippen molar-refractivity contribution in [2.24, 2.45) is 0 Å². The second-order valence-electron chi connectivity index (χ2n) is 5.85. The number of hydrogen-bond acceptors (Lipinski definition) is 1. The van der Waals surface area contributed by atoms with Crippen LogP contribution in [0.1, 0.15) is 30.4 Å². The van der Waals surface area contributed by atoms with Crippen molar-refractivity contribution in [3.63, 3.8) is 0 Å². The fourth-order valence-electron chi connectivity index (χ4n) is 2.89. The molecule has 1 aliphatic heterocycles. The summed E-state index contributed by atoms with van der Waals surface area (Å²) in [5, 5.41) is 3.72. The van der Waals surface area contributed by atoms with Gasteiger partial charge < -0.3 is 5.32 Å². The molecule has 3 rings (SSSR count). The van der Waals surface area contributed by atoms with Crippen LogP contribution in [-0.2, 0) is 0 Å². The molecule has 1 saturated heterocycles. The molecule has 2 aromatic rings. The summed E-state index contributed by atoms with van der Waals surface area (Å²) in [6.45, 7) is 0. The van der Waals surface area contributed by atoms with Crippen LogP contribution in [0, 0.1) is 0 Å². The van der Waals surface area contributed by atoms with E-state index >= 15 is 0 Å². The molecule has 1 aliphatic rings. The van der Waals surface area contributed by atoms with Crippen LogP contribution in [0.2, 0.25) is 0 Å². The van der Waals surface area contributed by atoms with Gasteiger partial charge in [-0.2, -0.15) is 0 Å². The SMILES string of the molecule is C(=C[C@@H]1CCC[C@@H](/C=C/c2ccccc2)N1)c1ccccc1. The number of hydrogen-bond donors (Lipinski definition) is 1. The van der Waals surface area contributed by atoms with Gasteiger partial charge in [0, 0.05) is 12.1 Å². The van der Waals surface area contributed by atoms with E-state index < -0.39 is 0 Å². The minimum Gasteiger partial charge on any atom is -0.304 e. The third kappa shape index (κ3) is 4.44. The smallest absolute Gasteiger partial charge is 0.0258 e. The van der Waals surface area contributed by atoms with Crippen molar-refractivity contribution in [2.45, 2.75) is 31.3 Å². The van der Waals surface area contributed by atoms with Crippen LogP contribution in [0.3, 0.4) is 0 Å². The Kier molecular flexibility index (Phi) is 5.22. The highest BCUT2D eigenvalue weighted by molar-refractivity contribution is 5.51. The van der Waals surface area contributed by atoms with Gasteiger partial charge in [-0.3, -0.25) is 0 Å². The third-order valence-corrected chi connectivity index (χ3v) is 4.10. The molecule has 1 fully saturated rings. The molecule has 0 unspecified atom stereocenters. The quantitative estimate of drug-likeness (QED) is 0.842. The zero-order valence-corrected chi connectivity index (χ0v) is 12.9. The van der Waals surface area contributed by atoms with E-state index in [1.165, 1.54) is 30.4 Å². The van der Waals surface area contributed by atoms with Crippen molar-refractivity contribution in [3.8, 4) is 0 Å². The first-order valence-corrected chi connectivity index (χ1v) is 8.13. The summed E-state index contributed by atoms with van der Waals surface area (Å²) < 4.78 is 0. The summed E-state index contributed by atoms with van der Waals surface area (Å²) >= 11 is 0.